The highest BCUT2D eigenvalue weighted by Crippen LogP contribution is 2.41. The highest BCUT2D eigenvalue weighted by Gasteiger charge is 2.39. The molecule has 3 aromatic carbocycles. The van der Waals surface area contributed by atoms with Crippen molar-refractivity contribution in [3.8, 4) is 5.75 Å². The number of benzene rings is 3. The average molecular weight is 446 g/mol. The second-order valence-electron chi connectivity index (χ2n) is 8.32. The number of nitrogens with zero attached hydrogens (tertiary/aromatic N) is 2. The molecular formula is C29H27BN2O2. The second-order valence-corrected chi connectivity index (χ2v) is 8.32. The Labute approximate surface area is 201 Å². The fourth-order valence-corrected chi connectivity index (χ4v) is 4.68. The second kappa shape index (κ2) is 9.48. The van der Waals surface area contributed by atoms with E-state index in [0.717, 1.165) is 41.1 Å². The van der Waals surface area contributed by atoms with Gasteiger partial charge < -0.3 is 14.4 Å². The van der Waals surface area contributed by atoms with E-state index in [1.54, 1.807) is 6.08 Å². The SMILES string of the molecule is CCN(CC)C1=CC(=O)C(=C2Oc3ccccc3N2B(c2ccccc2)c2ccccc2)C=C1. The third-order valence-corrected chi connectivity index (χ3v) is 6.36. The zero-order valence-electron chi connectivity index (χ0n) is 19.5. The van der Waals surface area contributed by atoms with Crippen molar-refractivity contribution in [2.45, 2.75) is 13.8 Å². The topological polar surface area (TPSA) is 32.8 Å². The largest absolute Gasteiger partial charge is 0.439 e. The summed E-state index contributed by atoms with van der Waals surface area (Å²) in [5.41, 5.74) is 4.69. The van der Waals surface area contributed by atoms with Gasteiger partial charge in [-0.3, -0.25) is 4.79 Å². The summed E-state index contributed by atoms with van der Waals surface area (Å²) < 4.78 is 6.39. The summed E-state index contributed by atoms with van der Waals surface area (Å²) in [6.07, 6.45) is 5.64. The van der Waals surface area contributed by atoms with Crippen molar-refractivity contribution in [2.75, 3.05) is 17.9 Å². The van der Waals surface area contributed by atoms with Crippen LogP contribution in [0, 0.1) is 0 Å². The zero-order chi connectivity index (χ0) is 23.5. The van der Waals surface area contributed by atoms with Crippen molar-refractivity contribution >= 4 is 29.2 Å². The smallest absolute Gasteiger partial charge is 0.331 e. The molecule has 34 heavy (non-hydrogen) atoms. The summed E-state index contributed by atoms with van der Waals surface area (Å²) in [5.74, 6) is 1.27. The molecule has 0 radical (unpaired) electrons. The van der Waals surface area contributed by atoms with Gasteiger partial charge in [0, 0.05) is 24.9 Å². The van der Waals surface area contributed by atoms with Crippen LogP contribution in [0.15, 0.2) is 120 Å². The van der Waals surface area contributed by atoms with Crippen LogP contribution in [0.25, 0.3) is 0 Å². The summed E-state index contributed by atoms with van der Waals surface area (Å²) in [6.45, 7) is 5.75. The van der Waals surface area contributed by atoms with Gasteiger partial charge in [-0.05, 0) is 38.1 Å². The quantitative estimate of drug-likeness (QED) is 0.419. The standard InChI is InChI=1S/C29H27BN2O2/c1-3-31(4-2)24-19-20-25(27(33)21-24)29-32(26-17-11-12-18-28(26)34-29)30(22-13-7-5-8-14-22)23-15-9-6-10-16-23/h5-21H,3-4H2,1-2H3. The van der Waals surface area contributed by atoms with E-state index in [1.165, 1.54) is 0 Å². The van der Waals surface area contributed by atoms with Crippen LogP contribution >= 0.6 is 0 Å². The lowest BCUT2D eigenvalue weighted by atomic mass is 9.49. The van der Waals surface area contributed by atoms with Crippen LogP contribution in [0.2, 0.25) is 0 Å². The number of hydrogen-bond donors (Lipinski definition) is 0. The molecule has 4 nitrogen and oxygen atoms in total. The van der Waals surface area contributed by atoms with E-state index < -0.39 is 0 Å². The number of hydrogen-bond acceptors (Lipinski definition) is 4. The number of ketones is 1. The summed E-state index contributed by atoms with van der Waals surface area (Å²) in [7, 11) is 0. The number of carbonyl (C=O) groups is 1. The Morgan fingerprint density at radius 3 is 1.97 bits per heavy atom. The molecule has 3 aromatic rings. The minimum absolute atomic E-state index is 0.0444. The van der Waals surface area contributed by atoms with Gasteiger partial charge in [0.2, 0.25) is 0 Å². The van der Waals surface area contributed by atoms with Crippen molar-refractivity contribution in [3.05, 3.63) is 120 Å². The Bertz CT molecular complexity index is 1240. The third-order valence-electron chi connectivity index (χ3n) is 6.36. The van der Waals surface area contributed by atoms with Gasteiger partial charge in [-0.15, -0.1) is 0 Å². The maximum absolute atomic E-state index is 13.4. The molecule has 1 heterocycles. The van der Waals surface area contributed by atoms with Crippen molar-refractivity contribution in [1.82, 2.24) is 4.90 Å². The van der Waals surface area contributed by atoms with Gasteiger partial charge in [0.15, 0.2) is 17.4 Å². The maximum atomic E-state index is 13.4. The molecule has 0 saturated heterocycles. The van der Waals surface area contributed by atoms with Crippen molar-refractivity contribution < 1.29 is 9.53 Å². The van der Waals surface area contributed by atoms with Gasteiger partial charge in [0.25, 0.3) is 0 Å². The van der Waals surface area contributed by atoms with Gasteiger partial charge in [0.05, 0.1) is 11.3 Å². The Morgan fingerprint density at radius 2 is 1.38 bits per heavy atom. The fraction of sp³-hybridized carbons (Fsp3) is 0.138. The van der Waals surface area contributed by atoms with E-state index in [4.69, 9.17) is 4.74 Å². The van der Waals surface area contributed by atoms with Crippen molar-refractivity contribution in [2.24, 2.45) is 0 Å². The average Bonchev–Trinajstić information content (AvgIpc) is 3.25. The number of fused-ring (bicyclic) bond motifs is 1. The lowest BCUT2D eigenvalue weighted by Crippen LogP contribution is -2.56. The lowest BCUT2D eigenvalue weighted by molar-refractivity contribution is -0.111. The predicted molar refractivity (Wildman–Crippen MR) is 140 cm³/mol. The number of allylic oxidation sites excluding steroid dienone is 4. The fourth-order valence-electron chi connectivity index (χ4n) is 4.68. The van der Waals surface area contributed by atoms with Crippen LogP contribution in [0.1, 0.15) is 13.8 Å². The molecule has 2 aliphatic rings. The van der Waals surface area contributed by atoms with Crippen LogP contribution in [-0.2, 0) is 4.79 Å². The molecule has 0 unspecified atom stereocenters. The third kappa shape index (κ3) is 3.94. The van der Waals surface area contributed by atoms with Crippen LogP contribution in [0.3, 0.4) is 0 Å². The molecular weight excluding hydrogens is 419 g/mol. The summed E-state index contributed by atoms with van der Waals surface area (Å²) in [5, 5.41) is 0. The van der Waals surface area contributed by atoms with Gasteiger partial charge in [-0.25, -0.2) is 0 Å². The summed E-state index contributed by atoms with van der Waals surface area (Å²) in [4.78, 5) is 17.7. The lowest BCUT2D eigenvalue weighted by Gasteiger charge is -2.29. The van der Waals surface area contributed by atoms with Gasteiger partial charge in [-0.1, -0.05) is 83.7 Å². The molecule has 5 rings (SSSR count). The monoisotopic (exact) mass is 446 g/mol. The van der Waals surface area contributed by atoms with Gasteiger partial charge >= 0.3 is 6.85 Å². The molecule has 0 saturated carbocycles. The Balaban J connectivity index is 1.67. The normalized spacial score (nSPS) is 16.7. The molecule has 1 aliphatic carbocycles. The highest BCUT2D eigenvalue weighted by atomic mass is 16.5. The molecule has 0 fully saturated rings. The highest BCUT2D eigenvalue weighted by molar-refractivity contribution is 6.88. The van der Waals surface area contributed by atoms with Gasteiger partial charge in [0.1, 0.15) is 0 Å². The van der Waals surface area contributed by atoms with Crippen LogP contribution in [0.5, 0.6) is 5.75 Å². The molecule has 0 amide bonds. The van der Waals surface area contributed by atoms with E-state index in [0.29, 0.717) is 11.5 Å². The summed E-state index contributed by atoms with van der Waals surface area (Å²) in [6, 6.07) is 28.7. The number of rotatable bonds is 6. The van der Waals surface area contributed by atoms with Crippen LogP contribution in [-0.4, -0.2) is 30.6 Å². The van der Waals surface area contributed by atoms with E-state index in [1.807, 2.05) is 66.7 Å². The van der Waals surface area contributed by atoms with Crippen molar-refractivity contribution in [1.29, 1.82) is 0 Å². The Morgan fingerprint density at radius 1 is 0.794 bits per heavy atom. The van der Waals surface area contributed by atoms with E-state index in [-0.39, 0.29) is 12.6 Å². The van der Waals surface area contributed by atoms with Crippen LogP contribution < -0.4 is 20.5 Å². The first-order chi connectivity index (χ1) is 16.7. The molecule has 0 bridgehead atoms. The minimum atomic E-state index is -0.150. The zero-order valence-corrected chi connectivity index (χ0v) is 19.5. The maximum Gasteiger partial charge on any atom is 0.331 e. The molecule has 0 spiro atoms. The molecule has 1 aliphatic heterocycles. The van der Waals surface area contributed by atoms with E-state index >= 15 is 0 Å². The van der Waals surface area contributed by atoms with E-state index in [2.05, 4.69) is 53.9 Å². The first kappa shape index (κ1) is 21.8. The predicted octanol–water partition coefficient (Wildman–Crippen LogP) is 4.27. The molecule has 0 aromatic heterocycles. The van der Waals surface area contributed by atoms with Crippen molar-refractivity contribution in [3.63, 3.8) is 0 Å². The van der Waals surface area contributed by atoms with Gasteiger partial charge in [-0.2, -0.15) is 0 Å². The first-order valence-electron chi connectivity index (χ1n) is 11.8. The molecule has 5 heteroatoms. The Hall–Kier alpha value is -3.99. The Kier molecular flexibility index (Phi) is 6.09. The van der Waals surface area contributed by atoms with E-state index in [9.17, 15) is 4.79 Å². The molecule has 0 N–H and O–H groups in total. The summed E-state index contributed by atoms with van der Waals surface area (Å²) >= 11 is 0. The molecule has 0 atom stereocenters. The molecule has 168 valence electrons. The number of carbonyl (C=O) groups excluding carboxylic acids is 1. The minimum Gasteiger partial charge on any atom is -0.439 e. The number of para-hydroxylation sites is 2. The first-order valence-corrected chi connectivity index (χ1v) is 11.8. The van der Waals surface area contributed by atoms with Crippen LogP contribution in [0.4, 0.5) is 5.69 Å². The number of ether oxygens (including phenoxy) is 1. The number of likely N-dealkylation sites (N-methyl/N-ethyl adjacent to an activating group) is 1. The number of anilines is 1.